The number of nitrogens with zero attached hydrogens (tertiary/aromatic N) is 2. The molecule has 2 heterocycles. The van der Waals surface area contributed by atoms with Crippen LogP contribution in [-0.4, -0.2) is 89.0 Å². The van der Waals surface area contributed by atoms with E-state index < -0.39 is 42.0 Å². The molecule has 12 nitrogen and oxygen atoms in total. The Morgan fingerprint density at radius 3 is 2.43 bits per heavy atom. The van der Waals surface area contributed by atoms with Gasteiger partial charge in [-0.25, -0.2) is 14.1 Å². The highest BCUT2D eigenvalue weighted by Crippen LogP contribution is 2.39. The third-order valence-electron chi connectivity index (χ3n) is 7.91. The molecule has 3 rings (SSSR count). The van der Waals surface area contributed by atoms with Gasteiger partial charge >= 0.3 is 5.97 Å². The number of hydrogen-bond donors (Lipinski definition) is 4. The summed E-state index contributed by atoms with van der Waals surface area (Å²) in [4.78, 5) is 81.7. The van der Waals surface area contributed by atoms with Gasteiger partial charge in [0.1, 0.15) is 11.9 Å². The molecule has 0 radical (unpaired) electrons. The first-order chi connectivity index (χ1) is 21.8. The predicted octanol–water partition coefficient (Wildman–Crippen LogP) is 3.22. The number of likely N-dealkylation sites (N-methyl/N-ethyl adjacent to an activating group) is 1. The number of carbonyl (C=O) groups is 6. The summed E-state index contributed by atoms with van der Waals surface area (Å²) < 4.78 is 14.4. The number of carboxylic acid groups (broad SMARTS) is 1. The zero-order chi connectivity index (χ0) is 34.1. The minimum Gasteiger partial charge on any atom is -0.480 e. The maximum Gasteiger partial charge on any atom is 0.326 e. The van der Waals surface area contributed by atoms with E-state index in [4.69, 9.17) is 0 Å². The number of aromatic amines is 1. The molecule has 0 bridgehead atoms. The summed E-state index contributed by atoms with van der Waals surface area (Å²) in [5.41, 5.74) is 2.21. The number of rotatable bonds is 16. The van der Waals surface area contributed by atoms with Gasteiger partial charge in [-0.1, -0.05) is 22.4 Å². The van der Waals surface area contributed by atoms with Crippen molar-refractivity contribution in [2.24, 2.45) is 0 Å². The Labute approximate surface area is 268 Å². The van der Waals surface area contributed by atoms with Crippen LogP contribution in [0.5, 0.6) is 0 Å². The molecule has 46 heavy (non-hydrogen) atoms. The number of nitrogens with one attached hydrogen (secondary N) is 3. The molecule has 2 atom stereocenters. The molecular weight excluding hydrogens is 616 g/mol. The molecule has 1 aromatic carbocycles. The molecule has 2 aromatic rings. The van der Waals surface area contributed by atoms with Crippen LogP contribution < -0.4 is 15.5 Å². The molecule has 1 unspecified atom stereocenters. The summed E-state index contributed by atoms with van der Waals surface area (Å²) in [5.74, 6) is -4.39. The number of amides is 4. The van der Waals surface area contributed by atoms with E-state index in [0.717, 1.165) is 30.1 Å². The van der Waals surface area contributed by atoms with Gasteiger partial charge in [0.15, 0.2) is 5.52 Å². The van der Waals surface area contributed by atoms with Crippen molar-refractivity contribution in [2.75, 3.05) is 37.7 Å². The normalized spacial score (nSPS) is 14.3. The average Bonchev–Trinajstić information content (AvgIpc) is 3.46. The maximum atomic E-state index is 14.4. The van der Waals surface area contributed by atoms with Gasteiger partial charge in [0.05, 0.1) is 16.8 Å². The number of anilines is 1. The number of aromatic nitrogens is 1. The number of carbonyl (C=O) groups excluding carboxylic acids is 5. The molecule has 4 N–H and O–H groups in total. The molecule has 4 amide bonds. The van der Waals surface area contributed by atoms with Gasteiger partial charge in [0.25, 0.3) is 11.8 Å². The number of hydrogen-bond acceptors (Lipinski definition) is 7. The van der Waals surface area contributed by atoms with E-state index in [1.807, 2.05) is 13.8 Å². The van der Waals surface area contributed by atoms with Gasteiger partial charge in [-0.15, -0.1) is 0 Å². The van der Waals surface area contributed by atoms with E-state index in [1.54, 1.807) is 20.5 Å². The summed E-state index contributed by atoms with van der Waals surface area (Å²) >= 11 is 0. The van der Waals surface area contributed by atoms with Crippen LogP contribution in [0.15, 0.2) is 18.2 Å². The van der Waals surface area contributed by atoms with Crippen LogP contribution >= 0.6 is 8.58 Å². The Bertz CT molecular complexity index is 1550. The summed E-state index contributed by atoms with van der Waals surface area (Å²) in [5, 5.41) is 14.8. The monoisotopic (exact) mass is 657 g/mol. The van der Waals surface area contributed by atoms with Gasteiger partial charge < -0.3 is 25.6 Å². The van der Waals surface area contributed by atoms with Gasteiger partial charge in [-0.2, -0.15) is 0 Å². The van der Waals surface area contributed by atoms with E-state index in [9.17, 15) is 38.3 Å². The third-order valence-corrected chi connectivity index (χ3v) is 8.72. The van der Waals surface area contributed by atoms with Gasteiger partial charge in [-0.3, -0.25) is 24.0 Å². The molecule has 1 aromatic heterocycles. The van der Waals surface area contributed by atoms with Gasteiger partial charge in [0.2, 0.25) is 11.8 Å². The van der Waals surface area contributed by atoms with E-state index in [1.165, 1.54) is 12.1 Å². The van der Waals surface area contributed by atoms with Crippen LogP contribution in [0.2, 0.25) is 0 Å². The number of H-pyrrole nitrogens is 1. The molecule has 0 saturated heterocycles. The van der Waals surface area contributed by atoms with E-state index in [-0.39, 0.29) is 56.1 Å². The van der Waals surface area contributed by atoms with Crippen molar-refractivity contribution in [2.45, 2.75) is 59.4 Å². The second-order valence-corrected chi connectivity index (χ2v) is 11.9. The predicted molar refractivity (Wildman–Crippen MR) is 174 cm³/mol. The summed E-state index contributed by atoms with van der Waals surface area (Å²) in [6, 6.07) is 2.12. The third kappa shape index (κ3) is 8.73. The minimum atomic E-state index is -1.42. The van der Waals surface area contributed by atoms with Gasteiger partial charge in [-0.05, 0) is 69.9 Å². The van der Waals surface area contributed by atoms with Crippen LogP contribution in [0.3, 0.4) is 0 Å². The Morgan fingerprint density at radius 2 is 1.80 bits per heavy atom. The molecule has 0 spiro atoms. The number of benzene rings is 1. The summed E-state index contributed by atoms with van der Waals surface area (Å²) in [7, 11) is 0.0226. The van der Waals surface area contributed by atoms with Crippen molar-refractivity contribution in [1.82, 2.24) is 20.5 Å². The molecule has 14 heteroatoms. The standard InChI is InChI=1S/C32H41FN5O7P/c1-6-37(7-2)15-14-34-30(42)29-18(3)24(35-19(29)4)17-22-21-16-20(33)8-10-25(21)38(31(22)43)27(40)12-9-23(32(44)45)36-26(39)11-13-28(41)46-5/h8,10,16-17,23,35,46H,6-7,9,11-15H2,1-5H3,(H,34,42)(H,36,39)(H,44,45)/b22-17-/t23-/m1/s1. The molecular formula is C32H41FN5O7P. The first kappa shape index (κ1) is 36.3. The van der Waals surface area contributed by atoms with E-state index in [0.29, 0.717) is 35.6 Å². The van der Waals surface area contributed by atoms with Crippen LogP contribution in [0.1, 0.15) is 72.4 Å². The van der Waals surface area contributed by atoms with Gasteiger partial charge in [0, 0.05) is 49.3 Å². The van der Waals surface area contributed by atoms with E-state index in [2.05, 4.69) is 20.5 Å². The molecule has 0 aliphatic carbocycles. The Hall–Kier alpha value is -4.22. The zero-order valence-electron chi connectivity index (χ0n) is 26.7. The molecule has 1 aliphatic heterocycles. The van der Waals surface area contributed by atoms with Crippen LogP contribution in [-0.2, 0) is 24.0 Å². The average molecular weight is 658 g/mol. The quantitative estimate of drug-likeness (QED) is 0.158. The van der Waals surface area contributed by atoms with Crippen molar-refractivity contribution in [3.05, 3.63) is 52.1 Å². The lowest BCUT2D eigenvalue weighted by Gasteiger charge is -2.18. The smallest absolute Gasteiger partial charge is 0.326 e. The Kier molecular flexibility index (Phi) is 12.9. The number of aliphatic carboxylic acids is 1. The number of halogens is 1. The lowest BCUT2D eigenvalue weighted by molar-refractivity contribution is -0.142. The van der Waals surface area contributed by atoms with E-state index >= 15 is 0 Å². The highest BCUT2D eigenvalue weighted by Gasteiger charge is 2.37. The van der Waals surface area contributed by atoms with Crippen LogP contribution in [0.4, 0.5) is 10.1 Å². The highest BCUT2D eigenvalue weighted by atomic mass is 31.1. The van der Waals surface area contributed by atoms with Crippen molar-refractivity contribution in [3.63, 3.8) is 0 Å². The minimum absolute atomic E-state index is 0.0145. The SMILES string of the molecule is CCN(CC)CCNC(=O)c1c(C)[nH]c(/C=C2\C(=O)N(C(=O)CC[C@@H](NC(=O)CCC(=O)PC)C(=O)O)c3ccc(F)cc32)c1C. The second-order valence-electron chi connectivity index (χ2n) is 10.9. The molecule has 0 saturated carbocycles. The molecule has 1 aliphatic rings. The highest BCUT2D eigenvalue weighted by molar-refractivity contribution is 7.57. The fourth-order valence-corrected chi connectivity index (χ4v) is 5.64. The fourth-order valence-electron chi connectivity index (χ4n) is 5.27. The van der Waals surface area contributed by atoms with Crippen molar-refractivity contribution in [1.29, 1.82) is 0 Å². The summed E-state index contributed by atoms with van der Waals surface area (Å²) in [6.07, 6.45) is 0.554. The zero-order valence-corrected chi connectivity index (χ0v) is 27.7. The number of carboxylic acids is 1. The van der Waals surface area contributed by atoms with Crippen molar-refractivity contribution < 1.29 is 38.3 Å². The van der Waals surface area contributed by atoms with Crippen LogP contribution in [0, 0.1) is 19.7 Å². The Balaban J connectivity index is 1.81. The largest absolute Gasteiger partial charge is 0.480 e. The number of imide groups is 1. The fraction of sp³-hybridized carbons (Fsp3) is 0.438. The first-order valence-electron chi connectivity index (χ1n) is 15.1. The second kappa shape index (κ2) is 16.4. The maximum absolute atomic E-state index is 14.4. The lowest BCUT2D eigenvalue weighted by Crippen LogP contribution is -2.42. The summed E-state index contributed by atoms with van der Waals surface area (Å²) in [6.45, 7) is 12.1. The number of fused-ring (bicyclic) bond motifs is 1. The molecule has 0 fully saturated rings. The van der Waals surface area contributed by atoms with Crippen molar-refractivity contribution >= 4 is 61.0 Å². The Morgan fingerprint density at radius 1 is 1.11 bits per heavy atom. The van der Waals surface area contributed by atoms with Crippen molar-refractivity contribution in [3.8, 4) is 0 Å². The lowest BCUT2D eigenvalue weighted by atomic mass is 10.0. The molecule has 248 valence electrons. The topological polar surface area (TPSA) is 169 Å². The number of aryl methyl sites for hydroxylation is 1. The van der Waals surface area contributed by atoms with Crippen LogP contribution in [0.25, 0.3) is 11.6 Å². The first-order valence-corrected chi connectivity index (χ1v) is 16.6.